The molecule has 0 saturated carbocycles. The van der Waals surface area contributed by atoms with Gasteiger partial charge in [-0.3, -0.25) is 4.79 Å². The van der Waals surface area contributed by atoms with Gasteiger partial charge in [0.25, 0.3) is 5.91 Å². The third kappa shape index (κ3) is 3.81. The SMILES string of the molecule is Cc1cc(NC(=O)c2cccc(C(F)(F)F)c2)cnc1Br. The van der Waals surface area contributed by atoms with E-state index in [1.165, 1.54) is 18.3 Å². The molecule has 1 amide bonds. The Bertz CT molecular complexity index is 686. The predicted octanol–water partition coefficient (Wildman–Crippen LogP) is 4.42. The lowest BCUT2D eigenvalue weighted by atomic mass is 10.1. The lowest BCUT2D eigenvalue weighted by Gasteiger charge is -2.09. The van der Waals surface area contributed by atoms with Gasteiger partial charge < -0.3 is 5.32 Å². The van der Waals surface area contributed by atoms with E-state index < -0.39 is 17.6 Å². The number of alkyl halides is 3. The summed E-state index contributed by atoms with van der Waals surface area (Å²) in [6, 6.07) is 5.92. The summed E-state index contributed by atoms with van der Waals surface area (Å²) in [4.78, 5) is 16.0. The maximum atomic E-state index is 12.6. The molecule has 3 nitrogen and oxygen atoms in total. The third-order valence-corrected chi connectivity index (χ3v) is 3.55. The minimum Gasteiger partial charge on any atom is -0.321 e. The number of carbonyl (C=O) groups excluding carboxylic acids is 1. The zero-order valence-corrected chi connectivity index (χ0v) is 12.4. The fourth-order valence-electron chi connectivity index (χ4n) is 1.67. The summed E-state index contributed by atoms with van der Waals surface area (Å²) in [5, 5.41) is 2.52. The molecule has 0 spiro atoms. The Labute approximate surface area is 127 Å². The van der Waals surface area contributed by atoms with Gasteiger partial charge in [-0.25, -0.2) is 4.98 Å². The highest BCUT2D eigenvalue weighted by Gasteiger charge is 2.30. The van der Waals surface area contributed by atoms with E-state index in [0.29, 0.717) is 10.3 Å². The fourth-order valence-corrected chi connectivity index (χ4v) is 1.88. The smallest absolute Gasteiger partial charge is 0.321 e. The van der Waals surface area contributed by atoms with E-state index in [1.54, 1.807) is 13.0 Å². The topological polar surface area (TPSA) is 42.0 Å². The highest BCUT2D eigenvalue weighted by molar-refractivity contribution is 9.10. The number of anilines is 1. The van der Waals surface area contributed by atoms with Crippen molar-refractivity contribution in [2.24, 2.45) is 0 Å². The normalized spacial score (nSPS) is 11.3. The number of aromatic nitrogens is 1. The van der Waals surface area contributed by atoms with Crippen molar-refractivity contribution in [2.75, 3.05) is 5.32 Å². The van der Waals surface area contributed by atoms with Gasteiger partial charge in [-0.1, -0.05) is 6.07 Å². The number of carbonyl (C=O) groups is 1. The van der Waals surface area contributed by atoms with Crippen molar-refractivity contribution in [3.63, 3.8) is 0 Å². The molecule has 0 unspecified atom stereocenters. The van der Waals surface area contributed by atoms with Gasteiger partial charge in [-0.05, 0) is 52.7 Å². The summed E-state index contributed by atoms with van der Waals surface area (Å²) in [7, 11) is 0. The summed E-state index contributed by atoms with van der Waals surface area (Å²) < 4.78 is 38.5. The minimum atomic E-state index is -4.48. The Kier molecular flexibility index (Phi) is 4.32. The van der Waals surface area contributed by atoms with Gasteiger partial charge >= 0.3 is 6.18 Å². The minimum absolute atomic E-state index is 0.0644. The molecule has 0 fully saturated rings. The predicted molar refractivity (Wildman–Crippen MR) is 76.1 cm³/mol. The summed E-state index contributed by atoms with van der Waals surface area (Å²) >= 11 is 3.22. The van der Waals surface area contributed by atoms with Crippen molar-refractivity contribution in [1.29, 1.82) is 0 Å². The van der Waals surface area contributed by atoms with Crippen LogP contribution in [0.2, 0.25) is 0 Å². The Morgan fingerprint density at radius 2 is 2.00 bits per heavy atom. The molecule has 110 valence electrons. The summed E-state index contributed by atoms with van der Waals surface area (Å²) in [6.45, 7) is 1.79. The van der Waals surface area contributed by atoms with Gasteiger partial charge in [0, 0.05) is 5.56 Å². The van der Waals surface area contributed by atoms with Crippen LogP contribution in [0, 0.1) is 6.92 Å². The number of hydrogen-bond donors (Lipinski definition) is 1. The quantitative estimate of drug-likeness (QED) is 0.807. The number of aryl methyl sites for hydroxylation is 1. The summed E-state index contributed by atoms with van der Waals surface area (Å²) in [6.07, 6.45) is -3.06. The first kappa shape index (κ1) is 15.5. The van der Waals surface area contributed by atoms with E-state index in [9.17, 15) is 18.0 Å². The number of halogens is 4. The van der Waals surface area contributed by atoms with Crippen molar-refractivity contribution < 1.29 is 18.0 Å². The molecule has 1 aromatic carbocycles. The first-order chi connectivity index (χ1) is 9.77. The van der Waals surface area contributed by atoms with Crippen LogP contribution >= 0.6 is 15.9 Å². The molecule has 2 rings (SSSR count). The van der Waals surface area contributed by atoms with E-state index in [2.05, 4.69) is 26.2 Å². The van der Waals surface area contributed by atoms with Crippen LogP contribution in [0.1, 0.15) is 21.5 Å². The van der Waals surface area contributed by atoms with Gasteiger partial charge in [-0.15, -0.1) is 0 Å². The average Bonchev–Trinajstić information content (AvgIpc) is 2.42. The standard InChI is InChI=1S/C14H10BrF3N2O/c1-8-5-11(7-19-12(8)15)20-13(21)9-3-2-4-10(6-9)14(16,17)18/h2-7H,1H3,(H,20,21). The number of amides is 1. The number of nitrogens with one attached hydrogen (secondary N) is 1. The maximum absolute atomic E-state index is 12.6. The fraction of sp³-hybridized carbons (Fsp3) is 0.143. The number of rotatable bonds is 2. The van der Waals surface area contributed by atoms with E-state index in [0.717, 1.165) is 17.7 Å². The molecule has 7 heteroatoms. The second-order valence-corrected chi connectivity index (χ2v) is 5.12. The monoisotopic (exact) mass is 358 g/mol. The lowest BCUT2D eigenvalue weighted by molar-refractivity contribution is -0.137. The van der Waals surface area contributed by atoms with Crippen LogP contribution in [-0.2, 0) is 6.18 Å². The van der Waals surface area contributed by atoms with Crippen LogP contribution in [0.5, 0.6) is 0 Å². The number of pyridine rings is 1. The van der Waals surface area contributed by atoms with Gasteiger partial charge in [0.2, 0.25) is 0 Å². The maximum Gasteiger partial charge on any atom is 0.416 e. The zero-order chi connectivity index (χ0) is 15.6. The van der Waals surface area contributed by atoms with Crippen LogP contribution in [0.4, 0.5) is 18.9 Å². The summed E-state index contributed by atoms with van der Waals surface area (Å²) in [5.41, 5.74) is 0.292. The first-order valence-corrected chi connectivity index (χ1v) is 6.67. The number of hydrogen-bond acceptors (Lipinski definition) is 2. The van der Waals surface area contributed by atoms with Gasteiger partial charge in [0.1, 0.15) is 4.60 Å². The van der Waals surface area contributed by atoms with E-state index >= 15 is 0 Å². The van der Waals surface area contributed by atoms with E-state index in [4.69, 9.17) is 0 Å². The molecule has 1 aromatic heterocycles. The molecule has 0 aliphatic rings. The molecule has 0 atom stereocenters. The lowest BCUT2D eigenvalue weighted by Crippen LogP contribution is -2.14. The molecule has 0 aliphatic carbocycles. The van der Waals surface area contributed by atoms with Crippen molar-refractivity contribution in [1.82, 2.24) is 4.98 Å². The van der Waals surface area contributed by atoms with Crippen molar-refractivity contribution in [2.45, 2.75) is 13.1 Å². The molecule has 0 aliphatic heterocycles. The molecule has 0 bridgehead atoms. The molecule has 1 heterocycles. The highest BCUT2D eigenvalue weighted by Crippen LogP contribution is 2.29. The zero-order valence-electron chi connectivity index (χ0n) is 10.8. The Morgan fingerprint density at radius 3 is 2.62 bits per heavy atom. The van der Waals surface area contributed by atoms with Crippen molar-refractivity contribution in [3.05, 3.63) is 57.8 Å². The molecule has 0 saturated heterocycles. The molecule has 21 heavy (non-hydrogen) atoms. The van der Waals surface area contributed by atoms with Crippen molar-refractivity contribution >= 4 is 27.5 Å². The first-order valence-electron chi connectivity index (χ1n) is 5.88. The second-order valence-electron chi connectivity index (χ2n) is 4.36. The van der Waals surface area contributed by atoms with Crippen molar-refractivity contribution in [3.8, 4) is 0 Å². The van der Waals surface area contributed by atoms with Crippen LogP contribution < -0.4 is 5.32 Å². The Balaban J connectivity index is 2.22. The molecular weight excluding hydrogens is 349 g/mol. The van der Waals surface area contributed by atoms with Crippen LogP contribution in [0.3, 0.4) is 0 Å². The average molecular weight is 359 g/mol. The van der Waals surface area contributed by atoms with Crippen LogP contribution in [-0.4, -0.2) is 10.9 Å². The molecule has 1 N–H and O–H groups in total. The van der Waals surface area contributed by atoms with E-state index in [-0.39, 0.29) is 5.56 Å². The number of benzene rings is 1. The van der Waals surface area contributed by atoms with Crippen LogP contribution in [0.15, 0.2) is 41.1 Å². The third-order valence-electron chi connectivity index (χ3n) is 2.72. The molecule has 0 radical (unpaired) electrons. The highest BCUT2D eigenvalue weighted by atomic mass is 79.9. The Morgan fingerprint density at radius 1 is 1.29 bits per heavy atom. The molecular formula is C14H10BrF3N2O. The Hall–Kier alpha value is -1.89. The van der Waals surface area contributed by atoms with Crippen LogP contribution in [0.25, 0.3) is 0 Å². The van der Waals surface area contributed by atoms with Gasteiger partial charge in [-0.2, -0.15) is 13.2 Å². The molecule has 2 aromatic rings. The number of nitrogens with zero attached hydrogens (tertiary/aromatic N) is 1. The summed E-state index contributed by atoms with van der Waals surface area (Å²) in [5.74, 6) is -0.621. The van der Waals surface area contributed by atoms with E-state index in [1.807, 2.05) is 0 Å². The van der Waals surface area contributed by atoms with Gasteiger partial charge in [0.05, 0.1) is 17.4 Å². The second kappa shape index (κ2) is 5.85. The van der Waals surface area contributed by atoms with Gasteiger partial charge in [0.15, 0.2) is 0 Å². The largest absolute Gasteiger partial charge is 0.416 e.